The van der Waals surface area contributed by atoms with Gasteiger partial charge in [-0.1, -0.05) is 30.3 Å². The SMILES string of the molecule is Cc1ccc([N+](=O)[O-])c(NC2CCc3ccccc3C2)c1. The first-order valence-corrected chi connectivity index (χ1v) is 7.22. The van der Waals surface area contributed by atoms with Crippen LogP contribution in [0.25, 0.3) is 0 Å². The molecule has 4 heteroatoms. The predicted molar refractivity (Wildman–Crippen MR) is 83.7 cm³/mol. The molecular formula is C17H18N2O2. The van der Waals surface area contributed by atoms with E-state index in [-0.39, 0.29) is 16.7 Å². The monoisotopic (exact) mass is 282 g/mol. The molecule has 4 nitrogen and oxygen atoms in total. The van der Waals surface area contributed by atoms with Gasteiger partial charge in [-0.25, -0.2) is 0 Å². The molecule has 1 N–H and O–H groups in total. The Bertz CT molecular complexity index is 682. The number of nitrogens with one attached hydrogen (secondary N) is 1. The third-order valence-electron chi connectivity index (χ3n) is 4.06. The van der Waals surface area contributed by atoms with Crippen molar-refractivity contribution in [1.82, 2.24) is 0 Å². The molecule has 2 aromatic rings. The minimum Gasteiger partial charge on any atom is -0.376 e. The van der Waals surface area contributed by atoms with E-state index in [2.05, 4.69) is 29.6 Å². The zero-order chi connectivity index (χ0) is 14.8. The van der Waals surface area contributed by atoms with E-state index in [0.29, 0.717) is 5.69 Å². The van der Waals surface area contributed by atoms with Crippen molar-refractivity contribution in [3.05, 3.63) is 69.3 Å². The molecule has 0 amide bonds. The summed E-state index contributed by atoms with van der Waals surface area (Å²) in [5.41, 5.74) is 4.55. The van der Waals surface area contributed by atoms with E-state index in [4.69, 9.17) is 0 Å². The number of benzene rings is 2. The summed E-state index contributed by atoms with van der Waals surface area (Å²) in [7, 11) is 0. The number of nitrogens with zero attached hydrogens (tertiary/aromatic N) is 1. The van der Waals surface area contributed by atoms with Crippen LogP contribution in [0.5, 0.6) is 0 Å². The van der Waals surface area contributed by atoms with Crippen molar-refractivity contribution in [2.24, 2.45) is 0 Å². The van der Waals surface area contributed by atoms with E-state index < -0.39 is 0 Å². The molecule has 1 aliphatic rings. The lowest BCUT2D eigenvalue weighted by atomic mass is 9.88. The first-order valence-electron chi connectivity index (χ1n) is 7.22. The van der Waals surface area contributed by atoms with E-state index in [9.17, 15) is 10.1 Å². The number of hydrogen-bond donors (Lipinski definition) is 1. The quantitative estimate of drug-likeness (QED) is 0.686. The number of anilines is 1. The lowest BCUT2D eigenvalue weighted by Crippen LogP contribution is -2.27. The summed E-state index contributed by atoms with van der Waals surface area (Å²) in [4.78, 5) is 10.8. The number of nitro groups is 1. The highest BCUT2D eigenvalue weighted by atomic mass is 16.6. The van der Waals surface area contributed by atoms with Gasteiger partial charge in [0.15, 0.2) is 0 Å². The second kappa shape index (κ2) is 5.56. The van der Waals surface area contributed by atoms with Gasteiger partial charge in [-0.2, -0.15) is 0 Å². The van der Waals surface area contributed by atoms with Crippen molar-refractivity contribution in [2.75, 3.05) is 5.32 Å². The summed E-state index contributed by atoms with van der Waals surface area (Å²) in [5, 5.41) is 14.5. The maximum atomic E-state index is 11.1. The molecule has 21 heavy (non-hydrogen) atoms. The van der Waals surface area contributed by atoms with Gasteiger partial charge in [-0.3, -0.25) is 10.1 Å². The van der Waals surface area contributed by atoms with Crippen LogP contribution < -0.4 is 5.32 Å². The molecule has 3 rings (SSSR count). The molecule has 1 aliphatic carbocycles. The van der Waals surface area contributed by atoms with Gasteiger partial charge in [-0.05, 0) is 48.9 Å². The van der Waals surface area contributed by atoms with Crippen molar-refractivity contribution < 1.29 is 4.92 Å². The Morgan fingerprint density at radius 1 is 1.19 bits per heavy atom. The number of nitro benzene ring substituents is 1. The van der Waals surface area contributed by atoms with Crippen molar-refractivity contribution in [2.45, 2.75) is 32.2 Å². The minimum absolute atomic E-state index is 0.152. The summed E-state index contributed by atoms with van der Waals surface area (Å²) in [6, 6.07) is 13.9. The Morgan fingerprint density at radius 3 is 2.71 bits per heavy atom. The van der Waals surface area contributed by atoms with E-state index in [1.54, 1.807) is 12.1 Å². The molecule has 0 saturated carbocycles. The number of aryl methyl sites for hydroxylation is 2. The highest BCUT2D eigenvalue weighted by Crippen LogP contribution is 2.29. The summed E-state index contributed by atoms with van der Waals surface area (Å²) in [5.74, 6) is 0. The first-order chi connectivity index (χ1) is 10.1. The Morgan fingerprint density at radius 2 is 1.95 bits per heavy atom. The highest BCUT2D eigenvalue weighted by molar-refractivity contribution is 5.63. The predicted octanol–water partition coefficient (Wildman–Crippen LogP) is 3.87. The fraction of sp³-hybridized carbons (Fsp3) is 0.294. The van der Waals surface area contributed by atoms with E-state index >= 15 is 0 Å². The van der Waals surface area contributed by atoms with Gasteiger partial charge in [0.05, 0.1) is 4.92 Å². The average molecular weight is 282 g/mol. The molecule has 0 spiro atoms. The number of hydrogen-bond acceptors (Lipinski definition) is 3. The Kier molecular flexibility index (Phi) is 3.60. The molecule has 0 aromatic heterocycles. The maximum absolute atomic E-state index is 11.1. The molecule has 0 aliphatic heterocycles. The lowest BCUT2D eigenvalue weighted by Gasteiger charge is -2.26. The standard InChI is InChI=1S/C17H18N2O2/c1-12-6-9-17(19(20)21)16(10-12)18-15-8-7-13-4-2-3-5-14(13)11-15/h2-6,9-10,15,18H,7-8,11H2,1H3. The molecule has 0 heterocycles. The van der Waals surface area contributed by atoms with Crippen LogP contribution >= 0.6 is 0 Å². The van der Waals surface area contributed by atoms with Gasteiger partial charge in [0, 0.05) is 12.1 Å². The summed E-state index contributed by atoms with van der Waals surface area (Å²) in [6.45, 7) is 1.95. The molecule has 0 fully saturated rings. The van der Waals surface area contributed by atoms with Gasteiger partial charge in [0.2, 0.25) is 0 Å². The molecule has 2 aromatic carbocycles. The maximum Gasteiger partial charge on any atom is 0.292 e. The topological polar surface area (TPSA) is 55.2 Å². The molecule has 108 valence electrons. The van der Waals surface area contributed by atoms with E-state index in [0.717, 1.165) is 24.8 Å². The minimum atomic E-state index is -0.321. The highest BCUT2D eigenvalue weighted by Gasteiger charge is 2.21. The number of fused-ring (bicyclic) bond motifs is 1. The molecular weight excluding hydrogens is 264 g/mol. The molecule has 0 saturated heterocycles. The van der Waals surface area contributed by atoms with Gasteiger partial charge >= 0.3 is 0 Å². The smallest absolute Gasteiger partial charge is 0.292 e. The summed E-state index contributed by atoms with van der Waals surface area (Å²) >= 11 is 0. The fourth-order valence-electron chi connectivity index (χ4n) is 2.97. The Hall–Kier alpha value is -2.36. The second-order valence-corrected chi connectivity index (χ2v) is 5.63. The van der Waals surface area contributed by atoms with Crippen molar-refractivity contribution in [3.8, 4) is 0 Å². The fourth-order valence-corrected chi connectivity index (χ4v) is 2.97. The average Bonchev–Trinajstić information content (AvgIpc) is 2.47. The van der Waals surface area contributed by atoms with Crippen molar-refractivity contribution >= 4 is 11.4 Å². The molecule has 0 radical (unpaired) electrons. The largest absolute Gasteiger partial charge is 0.376 e. The zero-order valence-corrected chi connectivity index (χ0v) is 12.0. The van der Waals surface area contributed by atoms with Crippen LogP contribution in [0.3, 0.4) is 0 Å². The van der Waals surface area contributed by atoms with Gasteiger partial charge in [0.25, 0.3) is 5.69 Å². The third-order valence-corrected chi connectivity index (χ3v) is 4.06. The molecule has 0 bridgehead atoms. The van der Waals surface area contributed by atoms with Crippen LogP contribution in [-0.4, -0.2) is 11.0 Å². The second-order valence-electron chi connectivity index (χ2n) is 5.63. The summed E-state index contributed by atoms with van der Waals surface area (Å²) < 4.78 is 0. The van der Waals surface area contributed by atoms with Gasteiger partial charge in [-0.15, -0.1) is 0 Å². The first kappa shape index (κ1) is 13.6. The van der Waals surface area contributed by atoms with Crippen LogP contribution in [0.4, 0.5) is 11.4 Å². The molecule has 1 atom stereocenters. The summed E-state index contributed by atoms with van der Waals surface area (Å²) in [6.07, 6.45) is 2.94. The van der Waals surface area contributed by atoms with Crippen molar-refractivity contribution in [1.29, 1.82) is 0 Å². The van der Waals surface area contributed by atoms with Crippen LogP contribution in [-0.2, 0) is 12.8 Å². The van der Waals surface area contributed by atoms with Crippen LogP contribution in [0.15, 0.2) is 42.5 Å². The van der Waals surface area contributed by atoms with Crippen LogP contribution in [0.1, 0.15) is 23.1 Å². The zero-order valence-electron chi connectivity index (χ0n) is 12.0. The number of rotatable bonds is 3. The lowest BCUT2D eigenvalue weighted by molar-refractivity contribution is -0.384. The Balaban J connectivity index is 1.82. The van der Waals surface area contributed by atoms with Gasteiger partial charge < -0.3 is 5.32 Å². The van der Waals surface area contributed by atoms with Crippen LogP contribution in [0.2, 0.25) is 0 Å². The Labute approximate surface area is 124 Å². The van der Waals surface area contributed by atoms with Crippen molar-refractivity contribution in [3.63, 3.8) is 0 Å². The molecule has 1 unspecified atom stereocenters. The van der Waals surface area contributed by atoms with E-state index in [1.807, 2.05) is 13.0 Å². The van der Waals surface area contributed by atoms with E-state index in [1.165, 1.54) is 11.1 Å². The van der Waals surface area contributed by atoms with Crippen LogP contribution in [0, 0.1) is 17.0 Å². The third kappa shape index (κ3) is 2.89. The van der Waals surface area contributed by atoms with Gasteiger partial charge in [0.1, 0.15) is 5.69 Å². The normalized spacial score (nSPS) is 17.1.